The molecular weight excluding hydrogens is 311 g/mol. The van der Waals surface area contributed by atoms with Gasteiger partial charge in [0.2, 0.25) is 5.91 Å². The lowest BCUT2D eigenvalue weighted by Gasteiger charge is -2.24. The Balaban J connectivity index is 2.85. The Hall–Kier alpha value is -1.10. The van der Waals surface area contributed by atoms with Crippen LogP contribution < -0.4 is 10.2 Å². The molecular formula is C14H20BrFN2O. The van der Waals surface area contributed by atoms with Crippen LogP contribution in [0.25, 0.3) is 0 Å². The predicted octanol–water partition coefficient (Wildman–Crippen LogP) is 3.78. The van der Waals surface area contributed by atoms with Crippen molar-refractivity contribution in [3.05, 3.63) is 24.0 Å². The number of nitrogens with one attached hydrogen (secondary N) is 1. The molecule has 1 rings (SSSR count). The van der Waals surface area contributed by atoms with Crippen LogP contribution in [-0.2, 0) is 4.79 Å². The Morgan fingerprint density at radius 2 is 2.11 bits per heavy atom. The summed E-state index contributed by atoms with van der Waals surface area (Å²) in [5, 5.41) is 2.68. The van der Waals surface area contributed by atoms with Crippen molar-refractivity contribution in [2.75, 3.05) is 17.3 Å². The largest absolute Gasteiger partial charge is 0.370 e. The van der Waals surface area contributed by atoms with Crippen LogP contribution in [0.1, 0.15) is 27.2 Å². The van der Waals surface area contributed by atoms with Gasteiger partial charge in [-0.15, -0.1) is 0 Å². The zero-order valence-electron chi connectivity index (χ0n) is 11.7. The summed E-state index contributed by atoms with van der Waals surface area (Å²) in [4.78, 5) is 13.3. The standard InChI is InChI=1S/C14H20BrFN2O/c1-5-11(15)14(19)17-10-6-7-13(12(16)8-10)18(4)9(2)3/h6-9,11H,5H2,1-4H3,(H,17,19). The van der Waals surface area contributed by atoms with Crippen LogP contribution >= 0.6 is 15.9 Å². The lowest BCUT2D eigenvalue weighted by molar-refractivity contribution is -0.115. The molecule has 0 heterocycles. The number of carbonyl (C=O) groups excluding carboxylic acids is 1. The Labute approximate surface area is 122 Å². The van der Waals surface area contributed by atoms with E-state index in [0.29, 0.717) is 17.8 Å². The fourth-order valence-corrected chi connectivity index (χ4v) is 1.67. The first-order chi connectivity index (χ1) is 8.86. The minimum atomic E-state index is -0.336. The number of hydrogen-bond donors (Lipinski definition) is 1. The first-order valence-electron chi connectivity index (χ1n) is 6.34. The van der Waals surface area contributed by atoms with Gasteiger partial charge in [-0.3, -0.25) is 4.79 Å². The van der Waals surface area contributed by atoms with E-state index < -0.39 is 0 Å². The highest BCUT2D eigenvalue weighted by molar-refractivity contribution is 9.10. The number of anilines is 2. The van der Waals surface area contributed by atoms with Gasteiger partial charge in [-0.1, -0.05) is 22.9 Å². The van der Waals surface area contributed by atoms with Crippen LogP contribution in [0.5, 0.6) is 0 Å². The maximum Gasteiger partial charge on any atom is 0.238 e. The van der Waals surface area contributed by atoms with Gasteiger partial charge in [-0.25, -0.2) is 4.39 Å². The Morgan fingerprint density at radius 1 is 1.47 bits per heavy atom. The smallest absolute Gasteiger partial charge is 0.238 e. The van der Waals surface area contributed by atoms with Crippen LogP contribution in [0, 0.1) is 5.82 Å². The van der Waals surface area contributed by atoms with E-state index in [-0.39, 0.29) is 22.6 Å². The molecule has 19 heavy (non-hydrogen) atoms. The summed E-state index contributed by atoms with van der Waals surface area (Å²) in [7, 11) is 1.84. The normalized spacial score (nSPS) is 12.4. The number of benzene rings is 1. The van der Waals surface area contributed by atoms with E-state index in [9.17, 15) is 9.18 Å². The average Bonchev–Trinajstić information content (AvgIpc) is 2.37. The van der Waals surface area contributed by atoms with Crippen molar-refractivity contribution in [2.24, 2.45) is 0 Å². The average molecular weight is 331 g/mol. The van der Waals surface area contributed by atoms with Crippen molar-refractivity contribution >= 4 is 33.2 Å². The molecule has 0 fully saturated rings. The summed E-state index contributed by atoms with van der Waals surface area (Å²) in [6, 6.07) is 4.95. The lowest BCUT2D eigenvalue weighted by Crippen LogP contribution is -2.26. The second kappa shape index (κ2) is 6.89. The molecule has 0 aliphatic rings. The summed E-state index contributed by atoms with van der Waals surface area (Å²) < 4.78 is 14.0. The Morgan fingerprint density at radius 3 is 2.58 bits per heavy atom. The SMILES string of the molecule is CCC(Br)C(=O)Nc1ccc(N(C)C(C)C)c(F)c1. The minimum absolute atomic E-state index is 0.160. The first kappa shape index (κ1) is 16.0. The van der Waals surface area contributed by atoms with Gasteiger partial charge in [0.05, 0.1) is 10.5 Å². The molecule has 0 aromatic heterocycles. The van der Waals surface area contributed by atoms with Crippen LogP contribution in [0.3, 0.4) is 0 Å². The van der Waals surface area contributed by atoms with E-state index in [1.807, 2.05) is 32.7 Å². The molecule has 106 valence electrons. The predicted molar refractivity (Wildman–Crippen MR) is 81.6 cm³/mol. The van der Waals surface area contributed by atoms with Gasteiger partial charge in [0.25, 0.3) is 0 Å². The number of alkyl halides is 1. The van der Waals surface area contributed by atoms with Crippen LogP contribution in [-0.4, -0.2) is 23.8 Å². The zero-order valence-corrected chi connectivity index (χ0v) is 13.3. The number of carbonyl (C=O) groups is 1. The summed E-state index contributed by atoms with van der Waals surface area (Å²) in [5.74, 6) is -0.497. The van der Waals surface area contributed by atoms with Gasteiger partial charge in [-0.2, -0.15) is 0 Å². The van der Waals surface area contributed by atoms with Crippen molar-refractivity contribution in [3.8, 4) is 0 Å². The third kappa shape index (κ3) is 4.20. The van der Waals surface area contributed by atoms with E-state index in [2.05, 4.69) is 21.2 Å². The Bertz CT molecular complexity index is 451. The maximum absolute atomic E-state index is 14.0. The van der Waals surface area contributed by atoms with Gasteiger partial charge in [-0.05, 0) is 38.5 Å². The van der Waals surface area contributed by atoms with Crippen LogP contribution in [0.15, 0.2) is 18.2 Å². The van der Waals surface area contributed by atoms with Crippen molar-refractivity contribution in [2.45, 2.75) is 38.1 Å². The topological polar surface area (TPSA) is 32.3 Å². The quantitative estimate of drug-likeness (QED) is 0.833. The minimum Gasteiger partial charge on any atom is -0.370 e. The van der Waals surface area contributed by atoms with Crippen molar-refractivity contribution in [1.29, 1.82) is 0 Å². The number of halogens is 2. The van der Waals surface area contributed by atoms with Crippen LogP contribution in [0.4, 0.5) is 15.8 Å². The summed E-state index contributed by atoms with van der Waals surface area (Å²) in [5.41, 5.74) is 1.00. The molecule has 3 nitrogen and oxygen atoms in total. The summed E-state index contributed by atoms with van der Waals surface area (Å²) in [6.45, 7) is 5.89. The van der Waals surface area contributed by atoms with Gasteiger partial charge in [0.1, 0.15) is 5.82 Å². The van der Waals surface area contributed by atoms with Gasteiger partial charge in [0, 0.05) is 18.8 Å². The number of rotatable bonds is 5. The summed E-state index contributed by atoms with van der Waals surface area (Å²) in [6.07, 6.45) is 0.683. The van der Waals surface area contributed by atoms with Crippen molar-refractivity contribution in [1.82, 2.24) is 0 Å². The molecule has 0 radical (unpaired) electrons. The molecule has 0 aliphatic heterocycles. The van der Waals surface area contributed by atoms with Crippen molar-refractivity contribution in [3.63, 3.8) is 0 Å². The first-order valence-corrected chi connectivity index (χ1v) is 7.25. The molecule has 0 aliphatic carbocycles. The van der Waals surface area contributed by atoms with E-state index >= 15 is 0 Å². The molecule has 1 N–H and O–H groups in total. The second-order valence-corrected chi connectivity index (χ2v) is 5.84. The molecule has 1 aromatic carbocycles. The van der Waals surface area contributed by atoms with E-state index in [0.717, 1.165) is 0 Å². The zero-order chi connectivity index (χ0) is 14.6. The fourth-order valence-electron chi connectivity index (χ4n) is 1.55. The number of hydrogen-bond acceptors (Lipinski definition) is 2. The molecule has 1 unspecified atom stereocenters. The van der Waals surface area contributed by atoms with Crippen molar-refractivity contribution < 1.29 is 9.18 Å². The Kier molecular flexibility index (Phi) is 5.79. The third-order valence-corrected chi connectivity index (χ3v) is 4.08. The molecule has 0 spiro atoms. The second-order valence-electron chi connectivity index (χ2n) is 4.74. The van der Waals surface area contributed by atoms with Crippen LogP contribution in [0.2, 0.25) is 0 Å². The highest BCUT2D eigenvalue weighted by Crippen LogP contribution is 2.23. The molecule has 0 saturated carbocycles. The fraction of sp³-hybridized carbons (Fsp3) is 0.500. The molecule has 0 bridgehead atoms. The maximum atomic E-state index is 14.0. The lowest BCUT2D eigenvalue weighted by atomic mass is 10.2. The molecule has 1 amide bonds. The van der Waals surface area contributed by atoms with E-state index in [4.69, 9.17) is 0 Å². The molecule has 1 aromatic rings. The highest BCUT2D eigenvalue weighted by atomic mass is 79.9. The van der Waals surface area contributed by atoms with E-state index in [1.54, 1.807) is 12.1 Å². The monoisotopic (exact) mass is 330 g/mol. The molecule has 1 atom stereocenters. The van der Waals surface area contributed by atoms with E-state index in [1.165, 1.54) is 6.07 Å². The number of nitrogens with zero attached hydrogens (tertiary/aromatic N) is 1. The summed E-state index contributed by atoms with van der Waals surface area (Å²) >= 11 is 3.26. The van der Waals surface area contributed by atoms with Gasteiger partial charge in [0.15, 0.2) is 0 Å². The van der Waals surface area contributed by atoms with Gasteiger partial charge < -0.3 is 10.2 Å². The number of amides is 1. The molecule has 5 heteroatoms. The highest BCUT2D eigenvalue weighted by Gasteiger charge is 2.15. The van der Waals surface area contributed by atoms with Gasteiger partial charge >= 0.3 is 0 Å². The third-order valence-electron chi connectivity index (χ3n) is 3.01. The molecule has 0 saturated heterocycles.